The Morgan fingerprint density at radius 2 is 1.68 bits per heavy atom. The van der Waals surface area contributed by atoms with Crippen LogP contribution < -0.4 is 22.0 Å². The van der Waals surface area contributed by atoms with Gasteiger partial charge < -0.3 is 17.0 Å². The highest BCUT2D eigenvalue weighted by Gasteiger charge is 2.13. The van der Waals surface area contributed by atoms with Gasteiger partial charge in [-0.3, -0.25) is 0 Å². The van der Waals surface area contributed by atoms with Gasteiger partial charge in [-0.1, -0.05) is 34.1 Å². The lowest BCUT2D eigenvalue weighted by Gasteiger charge is -2.03. The molecule has 0 amide bonds. The summed E-state index contributed by atoms with van der Waals surface area (Å²) in [5.74, 6) is 0. The summed E-state index contributed by atoms with van der Waals surface area (Å²) in [5.41, 5.74) is 2.29. The number of benzene rings is 2. The van der Waals surface area contributed by atoms with Crippen LogP contribution in [0.5, 0.6) is 0 Å². The quantitative estimate of drug-likeness (QED) is 0.545. The Bertz CT molecular complexity index is 720. The SMILES string of the molecule is Brc1ccc(-c2[nH+]ccc3ccccc23)c(Br)c1.[Br-]. The van der Waals surface area contributed by atoms with Gasteiger partial charge in [0.25, 0.3) is 0 Å². The Balaban J connectivity index is 0.00000133. The Hall–Kier alpha value is -0.710. The van der Waals surface area contributed by atoms with E-state index in [1.165, 1.54) is 10.8 Å². The maximum Gasteiger partial charge on any atom is 0.219 e. The lowest BCUT2D eigenvalue weighted by molar-refractivity contribution is -0.362. The Morgan fingerprint density at radius 1 is 0.895 bits per heavy atom. The lowest BCUT2D eigenvalue weighted by Crippen LogP contribution is -3.00. The van der Waals surface area contributed by atoms with Crippen LogP contribution in [0.2, 0.25) is 0 Å². The summed E-state index contributed by atoms with van der Waals surface area (Å²) >= 11 is 7.10. The van der Waals surface area contributed by atoms with E-state index in [1.54, 1.807) is 0 Å². The van der Waals surface area contributed by atoms with Gasteiger partial charge in [0.05, 0.1) is 10.9 Å². The van der Waals surface area contributed by atoms with Crippen molar-refractivity contribution in [2.45, 2.75) is 0 Å². The minimum atomic E-state index is 0. The summed E-state index contributed by atoms with van der Waals surface area (Å²) in [6.07, 6.45) is 1.98. The number of aromatic nitrogens is 1. The van der Waals surface area contributed by atoms with Crippen LogP contribution in [0, 0.1) is 0 Å². The molecule has 0 unspecified atom stereocenters. The molecule has 0 bridgehead atoms. The maximum atomic E-state index is 3.62. The van der Waals surface area contributed by atoms with Crippen molar-refractivity contribution in [2.24, 2.45) is 0 Å². The number of hydrogen-bond donors (Lipinski definition) is 0. The Morgan fingerprint density at radius 3 is 2.47 bits per heavy atom. The number of nitrogens with one attached hydrogen (secondary N) is 1. The molecule has 0 atom stereocenters. The third kappa shape index (κ3) is 2.91. The van der Waals surface area contributed by atoms with Crippen LogP contribution in [0.1, 0.15) is 0 Å². The topological polar surface area (TPSA) is 14.1 Å². The number of rotatable bonds is 1. The number of aromatic amines is 1. The van der Waals surface area contributed by atoms with Crippen molar-refractivity contribution in [2.75, 3.05) is 0 Å². The fourth-order valence-electron chi connectivity index (χ4n) is 2.08. The predicted octanol–water partition coefficient (Wildman–Crippen LogP) is 1.85. The molecule has 3 aromatic rings. The molecule has 0 saturated heterocycles. The molecule has 4 heteroatoms. The van der Waals surface area contributed by atoms with Crippen molar-refractivity contribution in [3.63, 3.8) is 0 Å². The zero-order chi connectivity index (χ0) is 12.5. The summed E-state index contributed by atoms with van der Waals surface area (Å²) in [6, 6.07) is 16.7. The van der Waals surface area contributed by atoms with Gasteiger partial charge in [0.15, 0.2) is 6.20 Å². The zero-order valence-corrected chi connectivity index (χ0v) is 14.6. The van der Waals surface area contributed by atoms with E-state index in [-0.39, 0.29) is 17.0 Å². The summed E-state index contributed by atoms with van der Waals surface area (Å²) in [7, 11) is 0. The fraction of sp³-hybridized carbons (Fsp3) is 0. The van der Waals surface area contributed by atoms with Crippen LogP contribution in [-0.4, -0.2) is 0 Å². The van der Waals surface area contributed by atoms with E-state index < -0.39 is 0 Å². The van der Waals surface area contributed by atoms with Gasteiger partial charge >= 0.3 is 0 Å². The average molecular weight is 444 g/mol. The van der Waals surface area contributed by atoms with Crippen LogP contribution in [0.4, 0.5) is 0 Å². The van der Waals surface area contributed by atoms with E-state index in [0.717, 1.165) is 20.2 Å². The molecule has 0 radical (unpaired) electrons. The van der Waals surface area contributed by atoms with Gasteiger partial charge in [-0.05, 0) is 45.6 Å². The van der Waals surface area contributed by atoms with Crippen LogP contribution in [-0.2, 0) is 0 Å². The smallest absolute Gasteiger partial charge is 0.219 e. The van der Waals surface area contributed by atoms with Crippen molar-refractivity contribution in [1.29, 1.82) is 0 Å². The molecule has 1 N–H and O–H groups in total. The number of fused-ring (bicyclic) bond motifs is 1. The average Bonchev–Trinajstić information content (AvgIpc) is 2.38. The molecule has 19 heavy (non-hydrogen) atoms. The van der Waals surface area contributed by atoms with E-state index in [9.17, 15) is 0 Å². The van der Waals surface area contributed by atoms with E-state index in [2.05, 4.69) is 85.4 Å². The first-order valence-electron chi connectivity index (χ1n) is 5.60. The highest BCUT2D eigenvalue weighted by atomic mass is 79.9. The maximum absolute atomic E-state index is 3.62. The van der Waals surface area contributed by atoms with Gasteiger partial charge in [-0.2, -0.15) is 0 Å². The molecule has 0 aliphatic carbocycles. The van der Waals surface area contributed by atoms with E-state index >= 15 is 0 Å². The first-order chi connectivity index (χ1) is 8.75. The second kappa shape index (κ2) is 6.16. The molecule has 0 fully saturated rings. The van der Waals surface area contributed by atoms with E-state index in [1.807, 2.05) is 6.20 Å². The number of halogens is 3. The van der Waals surface area contributed by atoms with Crippen LogP contribution in [0.15, 0.2) is 63.7 Å². The normalized spacial score (nSPS) is 10.2. The molecule has 2 aromatic carbocycles. The largest absolute Gasteiger partial charge is 1.00 e. The molecular formula is C15H10Br3N. The Labute approximate surface area is 139 Å². The lowest BCUT2D eigenvalue weighted by atomic mass is 10.0. The molecule has 0 aliphatic rings. The van der Waals surface area contributed by atoms with Crippen molar-refractivity contribution in [3.05, 3.63) is 63.7 Å². The molecule has 0 spiro atoms. The van der Waals surface area contributed by atoms with Crippen LogP contribution >= 0.6 is 31.9 Å². The number of pyridine rings is 1. The molecular weight excluding hydrogens is 434 g/mol. The van der Waals surface area contributed by atoms with Gasteiger partial charge in [0.1, 0.15) is 0 Å². The van der Waals surface area contributed by atoms with Gasteiger partial charge in [0.2, 0.25) is 5.69 Å². The van der Waals surface area contributed by atoms with Crippen molar-refractivity contribution in [3.8, 4) is 11.3 Å². The minimum Gasteiger partial charge on any atom is -1.00 e. The summed E-state index contributed by atoms with van der Waals surface area (Å²) < 4.78 is 2.14. The van der Waals surface area contributed by atoms with E-state index in [4.69, 9.17) is 0 Å². The van der Waals surface area contributed by atoms with Gasteiger partial charge in [-0.15, -0.1) is 0 Å². The summed E-state index contributed by atoms with van der Waals surface area (Å²) in [6.45, 7) is 0. The van der Waals surface area contributed by atoms with Gasteiger partial charge in [0, 0.05) is 15.0 Å². The first kappa shape index (κ1) is 14.7. The van der Waals surface area contributed by atoms with Crippen LogP contribution in [0.25, 0.3) is 22.0 Å². The van der Waals surface area contributed by atoms with Crippen molar-refractivity contribution in [1.82, 2.24) is 0 Å². The summed E-state index contributed by atoms with van der Waals surface area (Å²) in [5, 5.41) is 2.46. The first-order valence-corrected chi connectivity index (χ1v) is 7.19. The second-order valence-corrected chi connectivity index (χ2v) is 5.83. The highest BCUT2D eigenvalue weighted by Crippen LogP contribution is 2.32. The van der Waals surface area contributed by atoms with E-state index in [0.29, 0.717) is 0 Å². The Kier molecular flexibility index (Phi) is 4.76. The molecule has 1 nitrogen and oxygen atoms in total. The molecule has 0 saturated carbocycles. The predicted molar refractivity (Wildman–Crippen MR) is 81.3 cm³/mol. The molecule has 96 valence electrons. The summed E-state index contributed by atoms with van der Waals surface area (Å²) in [4.78, 5) is 3.34. The second-order valence-electron chi connectivity index (χ2n) is 4.06. The molecule has 1 aromatic heterocycles. The highest BCUT2D eigenvalue weighted by molar-refractivity contribution is 9.11. The zero-order valence-electron chi connectivity index (χ0n) is 9.83. The van der Waals surface area contributed by atoms with Crippen LogP contribution in [0.3, 0.4) is 0 Å². The van der Waals surface area contributed by atoms with Gasteiger partial charge in [-0.25, -0.2) is 4.98 Å². The number of hydrogen-bond acceptors (Lipinski definition) is 0. The molecule has 1 heterocycles. The third-order valence-electron chi connectivity index (χ3n) is 2.92. The van der Waals surface area contributed by atoms with Crippen molar-refractivity contribution >= 4 is 42.6 Å². The number of H-pyrrole nitrogens is 1. The monoisotopic (exact) mass is 441 g/mol. The minimum absolute atomic E-state index is 0. The molecule has 0 aliphatic heterocycles. The fourth-order valence-corrected chi connectivity index (χ4v) is 3.32. The van der Waals surface area contributed by atoms with Crippen molar-refractivity contribution < 1.29 is 22.0 Å². The molecule has 3 rings (SSSR count). The third-order valence-corrected chi connectivity index (χ3v) is 4.07. The standard InChI is InChI=1S/C15H9Br2N.BrH/c16-11-5-6-13(14(17)9-11)15-12-4-2-1-3-10(12)7-8-18-15;/h1-9H;1H.